The van der Waals surface area contributed by atoms with Crippen LogP contribution in [-0.4, -0.2) is 31.3 Å². The molecule has 2 N–H and O–H groups in total. The average Bonchev–Trinajstić information content (AvgIpc) is 2.16. The van der Waals surface area contributed by atoms with Gasteiger partial charge in [-0.25, -0.2) is 4.79 Å². The second-order valence-corrected chi connectivity index (χ2v) is 4.69. The number of nitrogens with one attached hydrogen (secondary N) is 2. The summed E-state index contributed by atoms with van der Waals surface area (Å²) in [5.41, 5.74) is 0. The maximum atomic E-state index is 11.5. The molecule has 2 fully saturated rings. The van der Waals surface area contributed by atoms with Gasteiger partial charge in [-0.2, -0.15) is 0 Å². The normalized spacial score (nSPS) is 31.8. The lowest BCUT2D eigenvalue weighted by molar-refractivity contribution is 0.0478. The summed E-state index contributed by atoms with van der Waals surface area (Å²) in [5.74, 6) is 0.471. The lowest BCUT2D eigenvalue weighted by Crippen LogP contribution is -2.46. The first-order valence-corrected chi connectivity index (χ1v) is 5.93. The fourth-order valence-electron chi connectivity index (χ4n) is 2.01. The quantitative estimate of drug-likeness (QED) is 0.724. The molecule has 15 heavy (non-hydrogen) atoms. The summed E-state index contributed by atoms with van der Waals surface area (Å²) in [7, 11) is 0. The van der Waals surface area contributed by atoms with Gasteiger partial charge in [0.05, 0.1) is 0 Å². The van der Waals surface area contributed by atoms with Crippen molar-refractivity contribution in [3.05, 3.63) is 0 Å². The summed E-state index contributed by atoms with van der Waals surface area (Å²) < 4.78 is 5.40. The molecule has 1 aliphatic carbocycles. The summed E-state index contributed by atoms with van der Waals surface area (Å²) in [6, 6.07) is 0.365. The highest BCUT2D eigenvalue weighted by atomic mass is 16.6. The summed E-state index contributed by atoms with van der Waals surface area (Å²) in [6.45, 7) is 3.96. The molecular formula is C11H20N2O2. The van der Waals surface area contributed by atoms with Gasteiger partial charge >= 0.3 is 6.09 Å². The van der Waals surface area contributed by atoms with E-state index in [9.17, 15) is 4.79 Å². The lowest BCUT2D eigenvalue weighted by atomic mass is 9.93. The van der Waals surface area contributed by atoms with E-state index in [1.54, 1.807) is 0 Å². The van der Waals surface area contributed by atoms with Crippen molar-refractivity contribution in [1.29, 1.82) is 0 Å². The molecule has 1 heterocycles. The lowest BCUT2D eigenvalue weighted by Gasteiger charge is -2.31. The molecule has 0 radical (unpaired) electrons. The fraction of sp³-hybridized carbons (Fsp3) is 0.909. The molecule has 2 atom stereocenters. The number of carbonyl (C=O) groups excluding carboxylic acids is 1. The third-order valence-corrected chi connectivity index (χ3v) is 3.44. The number of hydrogen-bond donors (Lipinski definition) is 2. The Labute approximate surface area is 90.8 Å². The van der Waals surface area contributed by atoms with Gasteiger partial charge in [0.1, 0.15) is 6.10 Å². The minimum absolute atomic E-state index is 0.0406. The van der Waals surface area contributed by atoms with E-state index in [4.69, 9.17) is 4.74 Å². The zero-order valence-electron chi connectivity index (χ0n) is 9.29. The monoisotopic (exact) mass is 212 g/mol. The van der Waals surface area contributed by atoms with Gasteiger partial charge in [0.15, 0.2) is 0 Å². The van der Waals surface area contributed by atoms with Crippen molar-refractivity contribution < 1.29 is 9.53 Å². The number of carbonyl (C=O) groups is 1. The summed E-state index contributed by atoms with van der Waals surface area (Å²) in [5, 5.41) is 6.14. The van der Waals surface area contributed by atoms with Crippen LogP contribution in [0.25, 0.3) is 0 Å². The van der Waals surface area contributed by atoms with Gasteiger partial charge in [0.2, 0.25) is 0 Å². The van der Waals surface area contributed by atoms with E-state index in [1.165, 1.54) is 6.42 Å². The second-order valence-electron chi connectivity index (χ2n) is 4.69. The van der Waals surface area contributed by atoms with Gasteiger partial charge < -0.3 is 15.4 Å². The number of hydrogen-bond acceptors (Lipinski definition) is 3. The van der Waals surface area contributed by atoms with Crippen molar-refractivity contribution in [2.24, 2.45) is 5.92 Å². The zero-order valence-corrected chi connectivity index (χ0v) is 9.29. The molecule has 1 amide bonds. The van der Waals surface area contributed by atoms with Crippen molar-refractivity contribution in [2.75, 3.05) is 13.1 Å². The van der Waals surface area contributed by atoms with Crippen LogP contribution in [0.4, 0.5) is 4.79 Å². The first-order valence-electron chi connectivity index (χ1n) is 5.93. The van der Waals surface area contributed by atoms with Crippen molar-refractivity contribution in [3.63, 3.8) is 0 Å². The van der Waals surface area contributed by atoms with Gasteiger partial charge in [-0.05, 0) is 38.1 Å². The molecule has 4 nitrogen and oxygen atoms in total. The molecule has 0 aromatic carbocycles. The number of piperidine rings is 1. The standard InChI is InChI=1S/C11H20N2O2/c1-8-5-6-12-7-10(8)15-11(14)13-9-3-2-4-9/h8-10,12H,2-7H2,1H3,(H,13,14). The topological polar surface area (TPSA) is 50.4 Å². The van der Waals surface area contributed by atoms with Crippen molar-refractivity contribution >= 4 is 6.09 Å². The van der Waals surface area contributed by atoms with Crippen LogP contribution in [0.15, 0.2) is 0 Å². The number of amides is 1. The van der Waals surface area contributed by atoms with E-state index in [1.807, 2.05) is 0 Å². The Morgan fingerprint density at radius 1 is 1.40 bits per heavy atom. The Kier molecular flexibility index (Phi) is 3.46. The third-order valence-electron chi connectivity index (χ3n) is 3.44. The van der Waals surface area contributed by atoms with Crippen LogP contribution in [0.3, 0.4) is 0 Å². The van der Waals surface area contributed by atoms with Gasteiger partial charge in [0.25, 0.3) is 0 Å². The Morgan fingerprint density at radius 3 is 2.80 bits per heavy atom. The van der Waals surface area contributed by atoms with E-state index < -0.39 is 0 Å². The van der Waals surface area contributed by atoms with Crippen LogP contribution in [-0.2, 0) is 4.74 Å². The highest BCUT2D eigenvalue weighted by Gasteiger charge is 2.26. The zero-order chi connectivity index (χ0) is 10.7. The van der Waals surface area contributed by atoms with Gasteiger partial charge in [-0.3, -0.25) is 0 Å². The molecule has 1 saturated carbocycles. The van der Waals surface area contributed by atoms with E-state index in [0.717, 1.165) is 32.4 Å². The Bertz CT molecular complexity index is 229. The molecule has 86 valence electrons. The molecule has 0 aromatic heterocycles. The first-order chi connectivity index (χ1) is 7.25. The summed E-state index contributed by atoms with van der Waals surface area (Å²) in [4.78, 5) is 11.5. The molecule has 0 spiro atoms. The highest BCUT2D eigenvalue weighted by molar-refractivity contribution is 5.68. The smallest absolute Gasteiger partial charge is 0.407 e. The first kappa shape index (κ1) is 10.7. The van der Waals surface area contributed by atoms with Crippen LogP contribution >= 0.6 is 0 Å². The predicted octanol–water partition coefficient (Wildman–Crippen LogP) is 1.26. The van der Waals surface area contributed by atoms with Crippen LogP contribution < -0.4 is 10.6 Å². The highest BCUT2D eigenvalue weighted by Crippen LogP contribution is 2.19. The van der Waals surface area contributed by atoms with E-state index >= 15 is 0 Å². The van der Waals surface area contributed by atoms with E-state index in [2.05, 4.69) is 17.6 Å². The largest absolute Gasteiger partial charge is 0.445 e. The van der Waals surface area contributed by atoms with Crippen LogP contribution in [0.2, 0.25) is 0 Å². The molecule has 2 rings (SSSR count). The minimum atomic E-state index is -0.236. The molecule has 1 saturated heterocycles. The number of rotatable bonds is 2. The van der Waals surface area contributed by atoms with E-state index in [0.29, 0.717) is 12.0 Å². The van der Waals surface area contributed by atoms with Gasteiger partial charge in [0, 0.05) is 12.6 Å². The van der Waals surface area contributed by atoms with Crippen LogP contribution in [0.1, 0.15) is 32.6 Å². The fourth-order valence-corrected chi connectivity index (χ4v) is 2.01. The molecule has 2 unspecified atom stereocenters. The molecule has 4 heteroatoms. The Hall–Kier alpha value is -0.770. The Balaban J connectivity index is 1.71. The predicted molar refractivity (Wildman–Crippen MR) is 57.7 cm³/mol. The maximum absolute atomic E-state index is 11.5. The minimum Gasteiger partial charge on any atom is -0.445 e. The van der Waals surface area contributed by atoms with Gasteiger partial charge in [-0.15, -0.1) is 0 Å². The van der Waals surface area contributed by atoms with E-state index in [-0.39, 0.29) is 12.2 Å². The van der Waals surface area contributed by atoms with Gasteiger partial charge in [-0.1, -0.05) is 6.92 Å². The number of ether oxygens (including phenoxy) is 1. The molecule has 1 aliphatic heterocycles. The van der Waals surface area contributed by atoms with Crippen molar-refractivity contribution in [2.45, 2.75) is 44.8 Å². The average molecular weight is 212 g/mol. The summed E-state index contributed by atoms with van der Waals surface area (Å²) in [6.07, 6.45) is 4.33. The summed E-state index contributed by atoms with van der Waals surface area (Å²) >= 11 is 0. The molecule has 0 aromatic rings. The molecular weight excluding hydrogens is 192 g/mol. The number of alkyl carbamates (subject to hydrolysis) is 1. The van der Waals surface area contributed by atoms with Crippen molar-refractivity contribution in [1.82, 2.24) is 10.6 Å². The maximum Gasteiger partial charge on any atom is 0.407 e. The Morgan fingerprint density at radius 2 is 2.20 bits per heavy atom. The van der Waals surface area contributed by atoms with Crippen LogP contribution in [0, 0.1) is 5.92 Å². The van der Waals surface area contributed by atoms with Crippen LogP contribution in [0.5, 0.6) is 0 Å². The van der Waals surface area contributed by atoms with Crippen molar-refractivity contribution in [3.8, 4) is 0 Å². The molecule has 2 aliphatic rings. The second kappa shape index (κ2) is 4.84. The third kappa shape index (κ3) is 2.84. The molecule has 0 bridgehead atoms. The SMILES string of the molecule is CC1CCNCC1OC(=O)NC1CCC1.